The van der Waals surface area contributed by atoms with Crippen molar-refractivity contribution in [3.8, 4) is 17.2 Å². The Kier molecular flexibility index (Phi) is 2.95. The molecule has 0 aromatic heterocycles. The Bertz CT molecular complexity index is 347. The minimum Gasteiger partial charge on any atom is -0.504 e. The van der Waals surface area contributed by atoms with Gasteiger partial charge in [-0.3, -0.25) is 0 Å². The van der Waals surface area contributed by atoms with Crippen LogP contribution in [0.2, 0.25) is 0 Å². The van der Waals surface area contributed by atoms with Crippen LogP contribution < -0.4 is 0 Å². The minimum absolute atomic E-state index is 0.255. The predicted molar refractivity (Wildman–Crippen MR) is 58.3 cm³/mol. The average Bonchev–Trinajstić information content (AvgIpc) is 2.14. The second kappa shape index (κ2) is 3.69. The lowest BCUT2D eigenvalue weighted by atomic mass is 9.86. The number of halogens is 1. The lowest BCUT2D eigenvalue weighted by molar-refractivity contribution is 0.359. The van der Waals surface area contributed by atoms with E-state index in [-0.39, 0.29) is 16.9 Å². The molecular formula is C10H13BrO3. The van der Waals surface area contributed by atoms with Gasteiger partial charge in [0.15, 0.2) is 11.5 Å². The molecule has 3 N–H and O–H groups in total. The van der Waals surface area contributed by atoms with Crippen LogP contribution in [0.1, 0.15) is 19.4 Å². The third-order valence-electron chi connectivity index (χ3n) is 2.19. The first-order valence-corrected chi connectivity index (χ1v) is 5.32. The largest absolute Gasteiger partial charge is 0.504 e. The molecule has 0 fully saturated rings. The van der Waals surface area contributed by atoms with Crippen LogP contribution in [-0.4, -0.2) is 20.6 Å². The number of hydrogen-bond acceptors (Lipinski definition) is 3. The van der Waals surface area contributed by atoms with Gasteiger partial charge in [0.2, 0.25) is 5.75 Å². The molecule has 0 aliphatic rings. The molecular weight excluding hydrogens is 248 g/mol. The van der Waals surface area contributed by atoms with Crippen molar-refractivity contribution in [2.75, 3.05) is 5.33 Å². The molecule has 0 spiro atoms. The van der Waals surface area contributed by atoms with Gasteiger partial charge in [0.05, 0.1) is 0 Å². The molecule has 0 aliphatic carbocycles. The van der Waals surface area contributed by atoms with Gasteiger partial charge in [-0.1, -0.05) is 35.8 Å². The topological polar surface area (TPSA) is 60.7 Å². The van der Waals surface area contributed by atoms with E-state index in [9.17, 15) is 10.2 Å². The van der Waals surface area contributed by atoms with Gasteiger partial charge in [-0.2, -0.15) is 0 Å². The van der Waals surface area contributed by atoms with Gasteiger partial charge in [-0.05, 0) is 6.07 Å². The lowest BCUT2D eigenvalue weighted by Crippen LogP contribution is -2.18. The van der Waals surface area contributed by atoms with Crippen molar-refractivity contribution < 1.29 is 15.3 Å². The third kappa shape index (κ3) is 1.80. The summed E-state index contributed by atoms with van der Waals surface area (Å²) in [6, 6.07) is 2.97. The summed E-state index contributed by atoms with van der Waals surface area (Å²) in [6.45, 7) is 3.85. The first-order valence-electron chi connectivity index (χ1n) is 4.20. The van der Waals surface area contributed by atoms with E-state index in [2.05, 4.69) is 15.9 Å². The molecule has 1 rings (SSSR count). The second-order valence-electron chi connectivity index (χ2n) is 3.85. The first-order chi connectivity index (χ1) is 6.40. The molecule has 0 aliphatic heterocycles. The van der Waals surface area contributed by atoms with Gasteiger partial charge in [0.25, 0.3) is 0 Å². The van der Waals surface area contributed by atoms with Crippen LogP contribution in [0.15, 0.2) is 12.1 Å². The summed E-state index contributed by atoms with van der Waals surface area (Å²) in [6.07, 6.45) is 0. The maximum atomic E-state index is 9.61. The molecule has 1 aromatic carbocycles. The molecule has 0 unspecified atom stereocenters. The van der Waals surface area contributed by atoms with E-state index >= 15 is 0 Å². The van der Waals surface area contributed by atoms with Crippen molar-refractivity contribution in [2.45, 2.75) is 19.3 Å². The molecule has 0 heterocycles. The Labute approximate surface area is 91.1 Å². The average molecular weight is 261 g/mol. The number of alkyl halides is 1. The zero-order valence-corrected chi connectivity index (χ0v) is 9.67. The smallest absolute Gasteiger partial charge is 0.200 e. The maximum Gasteiger partial charge on any atom is 0.200 e. The number of phenolic OH excluding ortho intramolecular Hbond substituents is 3. The molecule has 14 heavy (non-hydrogen) atoms. The number of aromatic hydroxyl groups is 3. The SMILES string of the molecule is CC(C)(CBr)c1ccc(O)c(O)c1O. The Hall–Kier alpha value is -0.900. The molecule has 1 aromatic rings. The van der Waals surface area contributed by atoms with Gasteiger partial charge in [-0.25, -0.2) is 0 Å². The standard InChI is InChI=1S/C10H13BrO3/c1-10(2,5-11)6-3-4-7(12)9(14)8(6)13/h3-4,12-14H,5H2,1-2H3. The van der Waals surface area contributed by atoms with Crippen LogP contribution in [0.25, 0.3) is 0 Å². The van der Waals surface area contributed by atoms with Crippen LogP contribution in [0.5, 0.6) is 17.2 Å². The van der Waals surface area contributed by atoms with Crippen molar-refractivity contribution in [2.24, 2.45) is 0 Å². The lowest BCUT2D eigenvalue weighted by Gasteiger charge is -2.23. The minimum atomic E-state index is -0.462. The van der Waals surface area contributed by atoms with E-state index in [1.165, 1.54) is 6.07 Å². The van der Waals surface area contributed by atoms with E-state index in [0.717, 1.165) is 0 Å². The van der Waals surface area contributed by atoms with Crippen molar-refractivity contribution in [3.05, 3.63) is 17.7 Å². The maximum absolute atomic E-state index is 9.61. The van der Waals surface area contributed by atoms with Crippen LogP contribution in [-0.2, 0) is 5.41 Å². The van der Waals surface area contributed by atoms with Crippen molar-refractivity contribution in [3.63, 3.8) is 0 Å². The predicted octanol–water partition coefficient (Wildman–Crippen LogP) is 2.48. The number of phenols is 3. The van der Waals surface area contributed by atoms with Gasteiger partial charge in [0.1, 0.15) is 0 Å². The summed E-state index contributed by atoms with van der Waals surface area (Å²) >= 11 is 3.33. The highest BCUT2D eigenvalue weighted by molar-refractivity contribution is 9.09. The van der Waals surface area contributed by atoms with Gasteiger partial charge >= 0.3 is 0 Å². The highest BCUT2D eigenvalue weighted by atomic mass is 79.9. The summed E-state index contributed by atoms with van der Waals surface area (Å²) in [5, 5.41) is 28.7. The highest BCUT2D eigenvalue weighted by Crippen LogP contribution is 2.42. The van der Waals surface area contributed by atoms with Crippen LogP contribution in [0.4, 0.5) is 0 Å². The fraction of sp³-hybridized carbons (Fsp3) is 0.400. The van der Waals surface area contributed by atoms with Crippen molar-refractivity contribution in [1.82, 2.24) is 0 Å². The number of rotatable bonds is 2. The first kappa shape index (κ1) is 11.2. The zero-order valence-electron chi connectivity index (χ0n) is 8.08. The van der Waals surface area contributed by atoms with Gasteiger partial charge in [0, 0.05) is 16.3 Å². The van der Waals surface area contributed by atoms with E-state index in [1.807, 2.05) is 13.8 Å². The molecule has 0 saturated heterocycles. The molecule has 4 heteroatoms. The second-order valence-corrected chi connectivity index (χ2v) is 4.41. The van der Waals surface area contributed by atoms with E-state index < -0.39 is 5.75 Å². The van der Waals surface area contributed by atoms with Crippen LogP contribution in [0, 0.1) is 0 Å². The Balaban J connectivity index is 3.31. The highest BCUT2D eigenvalue weighted by Gasteiger charge is 2.25. The normalized spacial score (nSPS) is 11.6. The Morgan fingerprint density at radius 3 is 2.21 bits per heavy atom. The molecule has 0 amide bonds. The fourth-order valence-electron chi connectivity index (χ4n) is 1.19. The molecule has 78 valence electrons. The molecule has 0 saturated carbocycles. The van der Waals surface area contributed by atoms with Crippen molar-refractivity contribution >= 4 is 15.9 Å². The Morgan fingerprint density at radius 2 is 1.71 bits per heavy atom. The van der Waals surface area contributed by atoms with Gasteiger partial charge < -0.3 is 15.3 Å². The van der Waals surface area contributed by atoms with Crippen LogP contribution in [0.3, 0.4) is 0 Å². The number of hydrogen-bond donors (Lipinski definition) is 3. The zero-order chi connectivity index (χ0) is 10.9. The fourth-order valence-corrected chi connectivity index (χ4v) is 1.49. The Morgan fingerprint density at radius 1 is 1.14 bits per heavy atom. The summed E-state index contributed by atoms with van der Waals surface area (Å²) < 4.78 is 0. The third-order valence-corrected chi connectivity index (χ3v) is 3.59. The van der Waals surface area contributed by atoms with Crippen molar-refractivity contribution in [1.29, 1.82) is 0 Å². The summed E-state index contributed by atoms with van der Waals surface area (Å²) in [4.78, 5) is 0. The molecule has 0 atom stereocenters. The van der Waals surface area contributed by atoms with Gasteiger partial charge in [-0.15, -0.1) is 0 Å². The summed E-state index contributed by atoms with van der Waals surface area (Å²) in [5.41, 5.74) is 0.305. The van der Waals surface area contributed by atoms with Crippen LogP contribution >= 0.6 is 15.9 Å². The number of benzene rings is 1. The van der Waals surface area contributed by atoms with E-state index in [0.29, 0.717) is 10.9 Å². The monoisotopic (exact) mass is 260 g/mol. The van der Waals surface area contributed by atoms with E-state index in [4.69, 9.17) is 5.11 Å². The quantitative estimate of drug-likeness (QED) is 0.566. The molecule has 3 nitrogen and oxygen atoms in total. The summed E-state index contributed by atoms with van der Waals surface area (Å²) in [5.74, 6) is -1.03. The molecule has 0 bridgehead atoms. The molecule has 0 radical (unpaired) electrons. The summed E-state index contributed by atoms with van der Waals surface area (Å²) in [7, 11) is 0. The van der Waals surface area contributed by atoms with E-state index in [1.54, 1.807) is 6.07 Å².